The number of hydrogen-bond acceptors (Lipinski definition) is 4. The Hall–Kier alpha value is -2.01. The first kappa shape index (κ1) is 12.4. The molecule has 0 aliphatic carbocycles. The molecule has 5 nitrogen and oxygen atoms in total. The quantitative estimate of drug-likeness (QED) is 0.822. The van der Waals surface area contributed by atoms with Crippen LogP contribution in [0.15, 0.2) is 42.4 Å². The third kappa shape index (κ3) is 3.24. The van der Waals surface area contributed by atoms with Crippen molar-refractivity contribution in [2.45, 2.75) is 6.04 Å². The maximum absolute atomic E-state index is 11.7. The van der Waals surface area contributed by atoms with E-state index in [0.717, 1.165) is 5.56 Å². The summed E-state index contributed by atoms with van der Waals surface area (Å²) in [5.41, 5.74) is 6.95. The summed E-state index contributed by atoms with van der Waals surface area (Å²) in [4.78, 5) is 11.7. The van der Waals surface area contributed by atoms with Crippen molar-refractivity contribution in [1.82, 2.24) is 5.32 Å². The standard InChI is InChI=1S/C13H16N2O3/c14-11(10-4-2-1-3-5-10)8-15-13(16)12-9-17-6-7-18-12/h1-5,9,11H,6-8,14H2,(H,15,16). The van der Waals surface area contributed by atoms with Gasteiger partial charge in [-0.2, -0.15) is 0 Å². The minimum atomic E-state index is -0.305. The molecule has 1 aliphatic rings. The Morgan fingerprint density at radius 2 is 2.11 bits per heavy atom. The van der Waals surface area contributed by atoms with Crippen LogP contribution in [0.5, 0.6) is 0 Å². The molecule has 3 N–H and O–H groups in total. The Morgan fingerprint density at radius 3 is 2.78 bits per heavy atom. The summed E-state index contributed by atoms with van der Waals surface area (Å²) in [5.74, 6) is -0.109. The molecule has 1 aromatic carbocycles. The van der Waals surface area contributed by atoms with Crippen molar-refractivity contribution >= 4 is 5.91 Å². The van der Waals surface area contributed by atoms with Gasteiger partial charge in [-0.1, -0.05) is 30.3 Å². The van der Waals surface area contributed by atoms with Gasteiger partial charge in [0.25, 0.3) is 5.91 Å². The van der Waals surface area contributed by atoms with Gasteiger partial charge in [-0.15, -0.1) is 0 Å². The summed E-state index contributed by atoms with van der Waals surface area (Å²) < 4.78 is 10.2. The van der Waals surface area contributed by atoms with Crippen LogP contribution in [0.25, 0.3) is 0 Å². The molecule has 2 rings (SSSR count). The maximum Gasteiger partial charge on any atom is 0.289 e. The van der Waals surface area contributed by atoms with E-state index in [1.54, 1.807) is 0 Å². The molecule has 1 amide bonds. The average molecular weight is 248 g/mol. The summed E-state index contributed by atoms with van der Waals surface area (Å²) in [6, 6.07) is 9.37. The predicted octanol–water partition coefficient (Wildman–Crippen LogP) is 0.691. The summed E-state index contributed by atoms with van der Waals surface area (Å²) in [5, 5.41) is 2.71. The van der Waals surface area contributed by atoms with Crippen LogP contribution in [0.4, 0.5) is 0 Å². The lowest BCUT2D eigenvalue weighted by Gasteiger charge is -2.17. The van der Waals surface area contributed by atoms with Gasteiger partial charge in [-0.05, 0) is 5.56 Å². The molecule has 0 aromatic heterocycles. The summed E-state index contributed by atoms with van der Waals surface area (Å²) in [6.07, 6.45) is 1.33. The molecule has 0 bridgehead atoms. The first-order chi connectivity index (χ1) is 8.77. The van der Waals surface area contributed by atoms with Crippen LogP contribution in [0.2, 0.25) is 0 Å². The fraction of sp³-hybridized carbons (Fsp3) is 0.308. The maximum atomic E-state index is 11.7. The molecule has 0 saturated carbocycles. The number of nitrogens with two attached hydrogens (primary N) is 1. The highest BCUT2D eigenvalue weighted by Crippen LogP contribution is 2.09. The Morgan fingerprint density at radius 1 is 1.33 bits per heavy atom. The molecule has 1 aliphatic heterocycles. The van der Waals surface area contributed by atoms with Crippen LogP contribution in [-0.4, -0.2) is 25.7 Å². The fourth-order valence-corrected chi connectivity index (χ4v) is 1.60. The summed E-state index contributed by atoms with van der Waals surface area (Å²) in [7, 11) is 0. The van der Waals surface area contributed by atoms with E-state index in [2.05, 4.69) is 5.32 Å². The normalized spacial score (nSPS) is 15.9. The van der Waals surface area contributed by atoms with Crippen molar-refractivity contribution in [3.05, 3.63) is 47.9 Å². The molecule has 5 heteroatoms. The fourth-order valence-electron chi connectivity index (χ4n) is 1.60. The molecule has 0 fully saturated rings. The highest BCUT2D eigenvalue weighted by molar-refractivity contribution is 5.91. The zero-order valence-corrected chi connectivity index (χ0v) is 9.96. The molecule has 1 atom stereocenters. The molecule has 1 aromatic rings. The summed E-state index contributed by atoms with van der Waals surface area (Å²) >= 11 is 0. The van der Waals surface area contributed by atoms with Crippen molar-refractivity contribution in [1.29, 1.82) is 0 Å². The molecule has 0 saturated heterocycles. The SMILES string of the molecule is NC(CNC(=O)C1=COCCO1)c1ccccc1. The smallest absolute Gasteiger partial charge is 0.289 e. The third-order valence-corrected chi connectivity index (χ3v) is 2.58. The van der Waals surface area contributed by atoms with E-state index < -0.39 is 0 Å². The molecule has 1 unspecified atom stereocenters. The van der Waals surface area contributed by atoms with Gasteiger partial charge in [0.05, 0.1) is 0 Å². The van der Waals surface area contributed by atoms with Gasteiger partial charge in [-0.3, -0.25) is 4.79 Å². The number of carbonyl (C=O) groups excluding carboxylic acids is 1. The van der Waals surface area contributed by atoms with E-state index in [4.69, 9.17) is 15.2 Å². The van der Waals surface area contributed by atoms with Crippen LogP contribution >= 0.6 is 0 Å². The number of benzene rings is 1. The lowest BCUT2D eigenvalue weighted by molar-refractivity contribution is -0.122. The first-order valence-electron chi connectivity index (χ1n) is 5.80. The van der Waals surface area contributed by atoms with Crippen LogP contribution in [0, 0.1) is 0 Å². The van der Waals surface area contributed by atoms with Crippen LogP contribution in [0.1, 0.15) is 11.6 Å². The van der Waals surface area contributed by atoms with Crippen molar-refractivity contribution < 1.29 is 14.3 Å². The second kappa shape index (κ2) is 6.07. The molecule has 0 spiro atoms. The second-order valence-corrected chi connectivity index (χ2v) is 3.93. The average Bonchev–Trinajstić information content (AvgIpc) is 2.46. The van der Waals surface area contributed by atoms with Gasteiger partial charge in [-0.25, -0.2) is 0 Å². The first-order valence-corrected chi connectivity index (χ1v) is 5.80. The van der Waals surface area contributed by atoms with E-state index >= 15 is 0 Å². The van der Waals surface area contributed by atoms with Gasteiger partial charge in [0.1, 0.15) is 19.5 Å². The molecule has 96 valence electrons. The highest BCUT2D eigenvalue weighted by Gasteiger charge is 2.15. The largest absolute Gasteiger partial charge is 0.494 e. The zero-order valence-electron chi connectivity index (χ0n) is 9.96. The number of rotatable bonds is 4. The van der Waals surface area contributed by atoms with Gasteiger partial charge >= 0.3 is 0 Å². The van der Waals surface area contributed by atoms with Crippen molar-refractivity contribution in [2.24, 2.45) is 5.73 Å². The third-order valence-electron chi connectivity index (χ3n) is 2.58. The van der Waals surface area contributed by atoms with Crippen molar-refractivity contribution in [2.75, 3.05) is 19.8 Å². The Labute approximate surface area is 106 Å². The molecular weight excluding hydrogens is 232 g/mol. The highest BCUT2D eigenvalue weighted by atomic mass is 16.6. The Balaban J connectivity index is 1.84. The van der Waals surface area contributed by atoms with Crippen molar-refractivity contribution in [3.63, 3.8) is 0 Å². The number of hydrogen-bond donors (Lipinski definition) is 2. The second-order valence-electron chi connectivity index (χ2n) is 3.93. The van der Waals surface area contributed by atoms with Gasteiger partial charge in [0, 0.05) is 12.6 Å². The number of ether oxygens (including phenoxy) is 2. The lowest BCUT2D eigenvalue weighted by Crippen LogP contribution is -2.34. The van der Waals surface area contributed by atoms with Gasteiger partial charge in [0.15, 0.2) is 0 Å². The molecule has 18 heavy (non-hydrogen) atoms. The topological polar surface area (TPSA) is 73.6 Å². The number of carbonyl (C=O) groups is 1. The van der Waals surface area contributed by atoms with Crippen LogP contribution in [0.3, 0.4) is 0 Å². The minimum absolute atomic E-state index is 0.196. The molecule has 0 radical (unpaired) electrons. The minimum Gasteiger partial charge on any atom is -0.494 e. The number of amides is 1. The predicted molar refractivity (Wildman–Crippen MR) is 66.4 cm³/mol. The van der Waals surface area contributed by atoms with E-state index in [1.165, 1.54) is 6.26 Å². The zero-order chi connectivity index (χ0) is 12.8. The van der Waals surface area contributed by atoms with Gasteiger partial charge < -0.3 is 20.5 Å². The Bertz CT molecular complexity index is 431. The lowest BCUT2D eigenvalue weighted by atomic mass is 10.1. The monoisotopic (exact) mass is 248 g/mol. The van der Waals surface area contributed by atoms with Crippen LogP contribution in [-0.2, 0) is 14.3 Å². The number of nitrogens with one attached hydrogen (secondary N) is 1. The molecular formula is C13H16N2O3. The van der Waals surface area contributed by atoms with E-state index in [0.29, 0.717) is 19.8 Å². The molecule has 1 heterocycles. The van der Waals surface area contributed by atoms with Gasteiger partial charge in [0.2, 0.25) is 5.76 Å². The Kier molecular flexibility index (Phi) is 4.20. The van der Waals surface area contributed by atoms with Crippen molar-refractivity contribution in [3.8, 4) is 0 Å². The van der Waals surface area contributed by atoms with Crippen LogP contribution < -0.4 is 11.1 Å². The van der Waals surface area contributed by atoms with E-state index in [-0.39, 0.29) is 17.7 Å². The summed E-state index contributed by atoms with van der Waals surface area (Å²) in [6.45, 7) is 1.22. The van der Waals surface area contributed by atoms with E-state index in [1.807, 2.05) is 30.3 Å². The van der Waals surface area contributed by atoms with E-state index in [9.17, 15) is 4.79 Å².